The fraction of sp³-hybridized carbons (Fsp3) is 0.591. The molecule has 4 N–H and O–H groups in total. The Labute approximate surface area is 156 Å². The van der Waals surface area contributed by atoms with Crippen molar-refractivity contribution < 1.29 is 9.90 Å². The first-order chi connectivity index (χ1) is 12.6. The van der Waals surface area contributed by atoms with Crippen LogP contribution in [0.2, 0.25) is 0 Å². The standard InChI is InChI=1S/C22H30N2O2/c1-2-6-18(22(26)24-20-13-16-9-10-17(20)11-16)14-21(25)19(23)12-15-7-4-3-5-8-15/h1,3-5,7-8,16-21,25H,6,9-14,23H2,(H,24,26)/t16-,17+,18+,19-,20?,21-/m0/s1. The first-order valence-corrected chi connectivity index (χ1v) is 9.78. The van der Waals surface area contributed by atoms with Crippen LogP contribution in [0, 0.1) is 30.1 Å². The van der Waals surface area contributed by atoms with Crippen molar-refractivity contribution in [2.75, 3.05) is 0 Å². The van der Waals surface area contributed by atoms with Crippen LogP contribution in [0.15, 0.2) is 30.3 Å². The predicted molar refractivity (Wildman–Crippen MR) is 103 cm³/mol. The molecule has 0 heterocycles. The summed E-state index contributed by atoms with van der Waals surface area (Å²) in [4.78, 5) is 12.7. The van der Waals surface area contributed by atoms with E-state index in [-0.39, 0.29) is 17.9 Å². The molecule has 2 saturated carbocycles. The molecule has 1 aromatic carbocycles. The zero-order valence-electron chi connectivity index (χ0n) is 15.3. The van der Waals surface area contributed by atoms with Gasteiger partial charge in [-0.25, -0.2) is 0 Å². The lowest BCUT2D eigenvalue weighted by molar-refractivity contribution is -0.127. The number of nitrogens with one attached hydrogen (secondary N) is 1. The van der Waals surface area contributed by atoms with Crippen molar-refractivity contribution in [3.63, 3.8) is 0 Å². The minimum Gasteiger partial charge on any atom is -0.391 e. The first kappa shape index (κ1) is 18.9. The van der Waals surface area contributed by atoms with E-state index in [4.69, 9.17) is 12.2 Å². The number of carbonyl (C=O) groups excluding carboxylic acids is 1. The molecule has 2 bridgehead atoms. The molecule has 140 valence electrons. The summed E-state index contributed by atoms with van der Waals surface area (Å²) in [6.07, 6.45) is 10.8. The minimum absolute atomic E-state index is 0.0218. The Bertz CT molecular complexity index is 639. The quantitative estimate of drug-likeness (QED) is 0.627. The van der Waals surface area contributed by atoms with Gasteiger partial charge in [0.25, 0.3) is 0 Å². The van der Waals surface area contributed by atoms with Crippen LogP contribution in [0.4, 0.5) is 0 Å². The number of benzene rings is 1. The lowest BCUT2D eigenvalue weighted by Gasteiger charge is -2.27. The van der Waals surface area contributed by atoms with Gasteiger partial charge in [0.1, 0.15) is 0 Å². The third kappa shape index (κ3) is 4.66. The van der Waals surface area contributed by atoms with Crippen LogP contribution in [-0.2, 0) is 11.2 Å². The molecule has 2 aliphatic rings. The largest absolute Gasteiger partial charge is 0.391 e. The van der Waals surface area contributed by atoms with Gasteiger partial charge < -0.3 is 16.2 Å². The maximum absolute atomic E-state index is 12.7. The van der Waals surface area contributed by atoms with Crippen molar-refractivity contribution >= 4 is 5.91 Å². The van der Waals surface area contributed by atoms with E-state index >= 15 is 0 Å². The van der Waals surface area contributed by atoms with E-state index < -0.39 is 12.1 Å². The first-order valence-electron chi connectivity index (χ1n) is 9.78. The molecule has 4 heteroatoms. The van der Waals surface area contributed by atoms with Gasteiger partial charge >= 0.3 is 0 Å². The Hall–Kier alpha value is -1.83. The van der Waals surface area contributed by atoms with Gasteiger partial charge in [-0.05, 0) is 49.5 Å². The maximum atomic E-state index is 12.7. The second-order valence-electron chi connectivity index (χ2n) is 8.05. The molecule has 26 heavy (non-hydrogen) atoms. The summed E-state index contributed by atoms with van der Waals surface area (Å²) in [6, 6.07) is 9.73. The molecule has 1 amide bonds. The number of fused-ring (bicyclic) bond motifs is 2. The van der Waals surface area contributed by atoms with Gasteiger partial charge in [0, 0.05) is 18.5 Å². The molecule has 0 aliphatic heterocycles. The number of aliphatic hydroxyl groups excluding tert-OH is 1. The van der Waals surface area contributed by atoms with Crippen LogP contribution in [0.25, 0.3) is 0 Å². The number of terminal acetylenes is 1. The van der Waals surface area contributed by atoms with E-state index in [1.165, 1.54) is 19.3 Å². The van der Waals surface area contributed by atoms with Crippen molar-refractivity contribution in [3.8, 4) is 12.3 Å². The summed E-state index contributed by atoms with van der Waals surface area (Å²) >= 11 is 0. The van der Waals surface area contributed by atoms with E-state index in [1.54, 1.807) is 0 Å². The van der Waals surface area contributed by atoms with Crippen molar-refractivity contribution in [1.29, 1.82) is 0 Å². The molecule has 6 atom stereocenters. The third-order valence-corrected chi connectivity index (χ3v) is 6.14. The topological polar surface area (TPSA) is 75.3 Å². The van der Waals surface area contributed by atoms with E-state index in [0.29, 0.717) is 25.2 Å². The Balaban J connectivity index is 1.53. The van der Waals surface area contributed by atoms with E-state index in [2.05, 4.69) is 11.2 Å². The van der Waals surface area contributed by atoms with E-state index in [1.807, 2.05) is 30.3 Å². The summed E-state index contributed by atoms with van der Waals surface area (Å²) < 4.78 is 0. The Kier molecular flexibility index (Phi) is 6.34. The average molecular weight is 354 g/mol. The Morgan fingerprint density at radius 1 is 1.31 bits per heavy atom. The van der Waals surface area contributed by atoms with Crippen molar-refractivity contribution in [2.24, 2.45) is 23.5 Å². The predicted octanol–water partition coefficient (Wildman–Crippen LogP) is 2.25. The van der Waals surface area contributed by atoms with Gasteiger partial charge in [-0.15, -0.1) is 12.3 Å². The molecule has 1 unspecified atom stereocenters. The molecule has 3 rings (SSSR count). The summed E-state index contributed by atoms with van der Waals surface area (Å²) in [7, 11) is 0. The van der Waals surface area contributed by atoms with E-state index in [0.717, 1.165) is 17.9 Å². The molecule has 2 aliphatic carbocycles. The maximum Gasteiger partial charge on any atom is 0.224 e. The van der Waals surface area contributed by atoms with Crippen LogP contribution in [0.3, 0.4) is 0 Å². The number of carbonyl (C=O) groups is 1. The number of hydrogen-bond acceptors (Lipinski definition) is 3. The normalized spacial score (nSPS) is 27.5. The molecule has 0 radical (unpaired) electrons. The Morgan fingerprint density at radius 3 is 2.69 bits per heavy atom. The van der Waals surface area contributed by atoms with Gasteiger partial charge in [-0.2, -0.15) is 0 Å². The van der Waals surface area contributed by atoms with Crippen LogP contribution in [0.5, 0.6) is 0 Å². The van der Waals surface area contributed by atoms with Gasteiger partial charge in [0.2, 0.25) is 5.91 Å². The van der Waals surface area contributed by atoms with Crippen molar-refractivity contribution in [3.05, 3.63) is 35.9 Å². The summed E-state index contributed by atoms with van der Waals surface area (Å²) in [5.74, 6) is 3.59. The van der Waals surface area contributed by atoms with Crippen LogP contribution < -0.4 is 11.1 Å². The highest BCUT2D eigenvalue weighted by atomic mass is 16.3. The fourth-order valence-corrected chi connectivity index (χ4v) is 4.64. The second-order valence-corrected chi connectivity index (χ2v) is 8.05. The Morgan fingerprint density at radius 2 is 2.08 bits per heavy atom. The molecule has 2 fully saturated rings. The second kappa shape index (κ2) is 8.70. The van der Waals surface area contributed by atoms with Gasteiger partial charge in [-0.3, -0.25) is 4.79 Å². The number of amides is 1. The smallest absolute Gasteiger partial charge is 0.224 e. The number of rotatable bonds is 8. The van der Waals surface area contributed by atoms with Crippen LogP contribution in [0.1, 0.15) is 44.1 Å². The molecule has 1 aromatic rings. The highest BCUT2D eigenvalue weighted by Gasteiger charge is 2.40. The van der Waals surface area contributed by atoms with Gasteiger partial charge in [0.05, 0.1) is 12.0 Å². The van der Waals surface area contributed by atoms with E-state index in [9.17, 15) is 9.90 Å². The zero-order valence-corrected chi connectivity index (χ0v) is 15.3. The highest BCUT2D eigenvalue weighted by molar-refractivity contribution is 5.79. The molecular formula is C22H30N2O2. The lowest BCUT2D eigenvalue weighted by atomic mass is 9.90. The monoisotopic (exact) mass is 354 g/mol. The minimum atomic E-state index is -0.751. The molecule has 0 aromatic heterocycles. The number of aliphatic hydroxyl groups is 1. The van der Waals surface area contributed by atoms with Crippen molar-refractivity contribution in [2.45, 2.75) is 63.1 Å². The van der Waals surface area contributed by atoms with Gasteiger partial charge in [0.15, 0.2) is 0 Å². The van der Waals surface area contributed by atoms with Crippen LogP contribution >= 0.6 is 0 Å². The van der Waals surface area contributed by atoms with Crippen LogP contribution in [-0.4, -0.2) is 29.2 Å². The summed E-state index contributed by atoms with van der Waals surface area (Å²) in [5.41, 5.74) is 7.26. The van der Waals surface area contributed by atoms with Crippen molar-refractivity contribution in [1.82, 2.24) is 5.32 Å². The molecular weight excluding hydrogens is 324 g/mol. The third-order valence-electron chi connectivity index (χ3n) is 6.14. The average Bonchev–Trinajstić information content (AvgIpc) is 3.25. The van der Waals surface area contributed by atoms with Gasteiger partial charge in [-0.1, -0.05) is 36.8 Å². The zero-order chi connectivity index (χ0) is 18.5. The summed E-state index contributed by atoms with van der Waals surface area (Å²) in [5, 5.41) is 13.7. The molecule has 0 spiro atoms. The lowest BCUT2D eigenvalue weighted by Crippen LogP contribution is -2.44. The SMILES string of the molecule is C#CC[C@H](C[C@H](O)[C@@H](N)Cc1ccccc1)C(=O)NC1C[C@H]2CC[C@@H]1C2. The molecule has 0 saturated heterocycles. The number of nitrogens with two attached hydrogens (primary N) is 1. The summed E-state index contributed by atoms with van der Waals surface area (Å²) in [6.45, 7) is 0. The number of hydrogen-bond donors (Lipinski definition) is 3. The fourth-order valence-electron chi connectivity index (χ4n) is 4.64. The molecule has 4 nitrogen and oxygen atoms in total. The highest BCUT2D eigenvalue weighted by Crippen LogP contribution is 2.44.